The van der Waals surface area contributed by atoms with Crippen LogP contribution < -0.4 is 5.32 Å². The molecule has 0 bridgehead atoms. The fraction of sp³-hybridized carbons (Fsp3) is 0.353. The molecule has 0 radical (unpaired) electrons. The number of carbonyl (C=O) groups is 1. The average molecular weight is 328 g/mol. The van der Waals surface area contributed by atoms with E-state index in [0.29, 0.717) is 16.7 Å². The molecule has 3 aromatic rings. The van der Waals surface area contributed by atoms with Crippen LogP contribution >= 0.6 is 11.3 Å². The molecule has 2 heterocycles. The molecule has 0 saturated carbocycles. The minimum absolute atomic E-state index is 0.217. The summed E-state index contributed by atoms with van der Waals surface area (Å²) in [5.41, 5.74) is 3.57. The Labute approximate surface area is 139 Å². The highest BCUT2D eigenvalue weighted by Gasteiger charge is 2.15. The third-order valence-electron chi connectivity index (χ3n) is 3.81. The number of aryl methyl sites for hydroxylation is 2. The van der Waals surface area contributed by atoms with Crippen LogP contribution in [-0.4, -0.2) is 20.7 Å². The number of rotatable bonds is 4. The smallest absolute Gasteiger partial charge is 0.277 e. The third-order valence-corrected chi connectivity index (χ3v) is 4.74. The van der Waals surface area contributed by atoms with Gasteiger partial charge in [-0.1, -0.05) is 37.3 Å². The third kappa shape index (κ3) is 2.99. The molecule has 2 aromatic heterocycles. The zero-order chi connectivity index (χ0) is 16.6. The second kappa shape index (κ2) is 6.12. The Morgan fingerprint density at radius 3 is 2.83 bits per heavy atom. The van der Waals surface area contributed by atoms with Gasteiger partial charge in [0.2, 0.25) is 0 Å². The second-order valence-corrected chi connectivity index (χ2v) is 6.84. The Hall–Kier alpha value is -2.21. The van der Waals surface area contributed by atoms with E-state index < -0.39 is 0 Å². The fourth-order valence-electron chi connectivity index (χ4n) is 2.59. The molecule has 120 valence electrons. The summed E-state index contributed by atoms with van der Waals surface area (Å²) in [5.74, 6) is 0.178. The summed E-state index contributed by atoms with van der Waals surface area (Å²) >= 11 is 1.49. The van der Waals surface area contributed by atoms with E-state index in [-0.39, 0.29) is 5.91 Å². The standard InChI is InChI=1S/C17H20N4OS/c1-5-21-11(4)9-13(20-21)16(22)19-17-18-15-12(10(2)3)7-6-8-14(15)23-17/h6-10H,5H2,1-4H3,(H,18,19,22). The summed E-state index contributed by atoms with van der Waals surface area (Å²) in [6, 6.07) is 7.95. The van der Waals surface area contributed by atoms with Crippen LogP contribution in [0.2, 0.25) is 0 Å². The first-order chi connectivity index (χ1) is 11.0. The van der Waals surface area contributed by atoms with E-state index in [4.69, 9.17) is 0 Å². The van der Waals surface area contributed by atoms with E-state index in [0.717, 1.165) is 22.5 Å². The Morgan fingerprint density at radius 1 is 1.39 bits per heavy atom. The number of benzene rings is 1. The summed E-state index contributed by atoms with van der Waals surface area (Å²) in [6.45, 7) is 8.99. The SMILES string of the molecule is CCn1nc(C(=O)Nc2nc3c(C(C)C)cccc3s2)cc1C. The first-order valence-electron chi connectivity index (χ1n) is 7.74. The highest BCUT2D eigenvalue weighted by Crippen LogP contribution is 2.31. The molecule has 0 saturated heterocycles. The van der Waals surface area contributed by atoms with Crippen molar-refractivity contribution in [2.75, 3.05) is 5.32 Å². The van der Waals surface area contributed by atoms with E-state index in [1.165, 1.54) is 16.9 Å². The number of nitrogens with one attached hydrogen (secondary N) is 1. The van der Waals surface area contributed by atoms with Crippen molar-refractivity contribution in [2.45, 2.75) is 40.2 Å². The predicted octanol–water partition coefficient (Wildman–Crippen LogP) is 4.20. The highest BCUT2D eigenvalue weighted by atomic mass is 32.1. The molecule has 0 spiro atoms. The Morgan fingerprint density at radius 2 is 2.17 bits per heavy atom. The zero-order valence-electron chi connectivity index (χ0n) is 13.8. The number of nitrogens with zero attached hydrogens (tertiary/aromatic N) is 3. The number of aromatic nitrogens is 3. The number of hydrogen-bond acceptors (Lipinski definition) is 4. The van der Waals surface area contributed by atoms with Gasteiger partial charge in [-0.25, -0.2) is 4.98 Å². The maximum atomic E-state index is 12.4. The highest BCUT2D eigenvalue weighted by molar-refractivity contribution is 7.22. The van der Waals surface area contributed by atoms with Crippen molar-refractivity contribution in [1.29, 1.82) is 0 Å². The van der Waals surface area contributed by atoms with Crippen LogP contribution in [0.4, 0.5) is 5.13 Å². The van der Waals surface area contributed by atoms with Crippen molar-refractivity contribution in [3.8, 4) is 0 Å². The molecule has 0 atom stereocenters. The zero-order valence-corrected chi connectivity index (χ0v) is 14.6. The van der Waals surface area contributed by atoms with Gasteiger partial charge in [-0.15, -0.1) is 0 Å². The van der Waals surface area contributed by atoms with Crippen molar-refractivity contribution in [3.63, 3.8) is 0 Å². The van der Waals surface area contributed by atoms with E-state index >= 15 is 0 Å². The predicted molar refractivity (Wildman–Crippen MR) is 94.3 cm³/mol. The molecule has 1 amide bonds. The maximum Gasteiger partial charge on any atom is 0.277 e. The lowest BCUT2D eigenvalue weighted by Gasteiger charge is -2.04. The first kappa shape index (κ1) is 15.7. The maximum absolute atomic E-state index is 12.4. The van der Waals surface area contributed by atoms with Crippen LogP contribution in [0.3, 0.4) is 0 Å². The van der Waals surface area contributed by atoms with Crippen molar-refractivity contribution >= 4 is 32.6 Å². The minimum atomic E-state index is -0.217. The number of amides is 1. The second-order valence-electron chi connectivity index (χ2n) is 5.81. The van der Waals surface area contributed by atoms with Gasteiger partial charge in [0.05, 0.1) is 10.2 Å². The summed E-state index contributed by atoms with van der Waals surface area (Å²) in [5, 5.41) is 7.79. The van der Waals surface area contributed by atoms with Gasteiger partial charge >= 0.3 is 0 Å². The lowest BCUT2D eigenvalue weighted by molar-refractivity contribution is 0.102. The minimum Gasteiger partial charge on any atom is -0.296 e. The van der Waals surface area contributed by atoms with Crippen LogP contribution in [0, 0.1) is 6.92 Å². The summed E-state index contributed by atoms with van der Waals surface area (Å²) in [4.78, 5) is 17.0. The van der Waals surface area contributed by atoms with Crippen molar-refractivity contribution in [2.24, 2.45) is 0 Å². The topological polar surface area (TPSA) is 59.8 Å². The quantitative estimate of drug-likeness (QED) is 0.781. The Kier molecular flexibility index (Phi) is 4.17. The molecule has 23 heavy (non-hydrogen) atoms. The Bertz CT molecular complexity index is 863. The van der Waals surface area contributed by atoms with Gasteiger partial charge in [0.1, 0.15) is 0 Å². The molecule has 5 nitrogen and oxygen atoms in total. The Balaban J connectivity index is 1.89. The van der Waals surface area contributed by atoms with Gasteiger partial charge in [0.25, 0.3) is 5.91 Å². The van der Waals surface area contributed by atoms with Crippen LogP contribution in [-0.2, 0) is 6.54 Å². The van der Waals surface area contributed by atoms with Gasteiger partial charge in [-0.2, -0.15) is 5.10 Å². The number of para-hydroxylation sites is 1. The molecule has 1 N–H and O–H groups in total. The summed E-state index contributed by atoms with van der Waals surface area (Å²) < 4.78 is 2.89. The van der Waals surface area contributed by atoms with Crippen molar-refractivity contribution in [1.82, 2.24) is 14.8 Å². The van der Waals surface area contributed by atoms with Crippen LogP contribution in [0.1, 0.15) is 48.4 Å². The molecule has 0 aliphatic carbocycles. The molecular formula is C17H20N4OS. The van der Waals surface area contributed by atoms with Gasteiger partial charge in [0.15, 0.2) is 10.8 Å². The van der Waals surface area contributed by atoms with Gasteiger partial charge in [-0.3, -0.25) is 14.8 Å². The van der Waals surface area contributed by atoms with Crippen LogP contribution in [0.5, 0.6) is 0 Å². The van der Waals surface area contributed by atoms with Gasteiger partial charge < -0.3 is 0 Å². The largest absolute Gasteiger partial charge is 0.296 e. The fourth-order valence-corrected chi connectivity index (χ4v) is 3.49. The molecule has 1 aromatic carbocycles. The molecule has 6 heteroatoms. The lowest BCUT2D eigenvalue weighted by atomic mass is 10.0. The molecule has 0 unspecified atom stereocenters. The monoisotopic (exact) mass is 328 g/mol. The molecular weight excluding hydrogens is 308 g/mol. The number of carbonyl (C=O) groups excluding carboxylic acids is 1. The van der Waals surface area contributed by atoms with E-state index in [1.807, 2.05) is 30.7 Å². The van der Waals surface area contributed by atoms with Gasteiger partial charge in [0, 0.05) is 12.2 Å². The van der Waals surface area contributed by atoms with Gasteiger partial charge in [-0.05, 0) is 37.5 Å². The van der Waals surface area contributed by atoms with E-state index in [1.54, 1.807) is 6.07 Å². The van der Waals surface area contributed by atoms with E-state index in [9.17, 15) is 4.79 Å². The first-order valence-corrected chi connectivity index (χ1v) is 8.56. The molecule has 0 fully saturated rings. The van der Waals surface area contributed by atoms with Crippen molar-refractivity contribution in [3.05, 3.63) is 41.2 Å². The molecule has 0 aliphatic heterocycles. The number of thiazole rings is 1. The lowest BCUT2D eigenvalue weighted by Crippen LogP contribution is -2.13. The number of anilines is 1. The summed E-state index contributed by atoms with van der Waals surface area (Å²) in [6.07, 6.45) is 0. The average Bonchev–Trinajstić information content (AvgIpc) is 3.09. The number of hydrogen-bond donors (Lipinski definition) is 1. The molecule has 0 aliphatic rings. The van der Waals surface area contributed by atoms with Crippen LogP contribution in [0.15, 0.2) is 24.3 Å². The van der Waals surface area contributed by atoms with Crippen molar-refractivity contribution < 1.29 is 4.79 Å². The summed E-state index contributed by atoms with van der Waals surface area (Å²) in [7, 11) is 0. The van der Waals surface area contributed by atoms with Crippen LogP contribution in [0.25, 0.3) is 10.2 Å². The molecule has 3 rings (SSSR count). The normalized spacial score (nSPS) is 11.3. The van der Waals surface area contributed by atoms with E-state index in [2.05, 4.69) is 35.3 Å². The number of fused-ring (bicyclic) bond motifs is 1.